The van der Waals surface area contributed by atoms with E-state index in [0.717, 1.165) is 19.4 Å². The molecule has 1 saturated carbocycles. The first-order valence-electron chi connectivity index (χ1n) is 6.25. The highest BCUT2D eigenvalue weighted by Crippen LogP contribution is 2.41. The van der Waals surface area contributed by atoms with Crippen LogP contribution in [0.1, 0.15) is 52.9 Å². The third-order valence-electron chi connectivity index (χ3n) is 3.82. The second kappa shape index (κ2) is 5.17. The first kappa shape index (κ1) is 13.5. The van der Waals surface area contributed by atoms with Gasteiger partial charge in [-0.25, -0.2) is 0 Å². The molecule has 0 saturated heterocycles. The van der Waals surface area contributed by atoms with Crippen LogP contribution in [0.5, 0.6) is 0 Å². The van der Waals surface area contributed by atoms with Crippen LogP contribution in [-0.2, 0) is 9.53 Å². The molecule has 0 heterocycles. The van der Waals surface area contributed by atoms with Gasteiger partial charge in [-0.2, -0.15) is 0 Å². The van der Waals surface area contributed by atoms with Gasteiger partial charge < -0.3 is 10.1 Å². The molecule has 0 unspecified atom stereocenters. The SMILES string of the molecule is CCNC1(CC(=O)OC)CCC(C)(C)CC1. The summed E-state index contributed by atoms with van der Waals surface area (Å²) in [5.74, 6) is -0.0966. The molecule has 1 aliphatic carbocycles. The van der Waals surface area contributed by atoms with Crippen LogP contribution in [0.15, 0.2) is 0 Å². The number of carbonyl (C=O) groups is 1. The predicted molar refractivity (Wildman–Crippen MR) is 65.3 cm³/mol. The fourth-order valence-electron chi connectivity index (χ4n) is 2.54. The first-order valence-corrected chi connectivity index (χ1v) is 6.25. The van der Waals surface area contributed by atoms with Gasteiger partial charge in [0.25, 0.3) is 0 Å². The minimum atomic E-state index is -0.0966. The zero-order valence-corrected chi connectivity index (χ0v) is 11.1. The monoisotopic (exact) mass is 227 g/mol. The Morgan fingerprint density at radius 1 is 1.25 bits per heavy atom. The maximum atomic E-state index is 11.5. The number of hydrogen-bond acceptors (Lipinski definition) is 3. The maximum Gasteiger partial charge on any atom is 0.307 e. The van der Waals surface area contributed by atoms with Gasteiger partial charge in [-0.1, -0.05) is 20.8 Å². The summed E-state index contributed by atoms with van der Waals surface area (Å²) in [7, 11) is 1.47. The second-order valence-electron chi connectivity index (χ2n) is 5.73. The fraction of sp³-hybridized carbons (Fsp3) is 0.923. The molecule has 3 heteroatoms. The molecule has 16 heavy (non-hydrogen) atoms. The van der Waals surface area contributed by atoms with Crippen molar-refractivity contribution in [2.24, 2.45) is 5.41 Å². The predicted octanol–water partition coefficient (Wildman–Crippen LogP) is 2.50. The van der Waals surface area contributed by atoms with Gasteiger partial charge in [-0.05, 0) is 37.6 Å². The quantitative estimate of drug-likeness (QED) is 0.750. The molecule has 3 nitrogen and oxygen atoms in total. The topological polar surface area (TPSA) is 38.3 Å². The Morgan fingerprint density at radius 3 is 2.25 bits per heavy atom. The van der Waals surface area contributed by atoms with E-state index in [2.05, 4.69) is 26.1 Å². The van der Waals surface area contributed by atoms with E-state index < -0.39 is 0 Å². The molecule has 0 radical (unpaired) electrons. The molecular weight excluding hydrogens is 202 g/mol. The van der Waals surface area contributed by atoms with Crippen LogP contribution < -0.4 is 5.32 Å². The van der Waals surface area contributed by atoms with Gasteiger partial charge in [0.2, 0.25) is 0 Å². The molecule has 1 rings (SSSR count). The number of methoxy groups -OCH3 is 1. The molecule has 1 N–H and O–H groups in total. The van der Waals surface area contributed by atoms with Crippen LogP contribution >= 0.6 is 0 Å². The smallest absolute Gasteiger partial charge is 0.307 e. The number of esters is 1. The lowest BCUT2D eigenvalue weighted by atomic mass is 9.68. The second-order valence-corrected chi connectivity index (χ2v) is 5.73. The molecule has 1 aliphatic rings. The van der Waals surface area contributed by atoms with Gasteiger partial charge in [0, 0.05) is 5.54 Å². The Bertz CT molecular complexity index is 238. The van der Waals surface area contributed by atoms with Crippen molar-refractivity contribution in [2.45, 2.75) is 58.4 Å². The van der Waals surface area contributed by atoms with Gasteiger partial charge in [0.1, 0.15) is 0 Å². The highest BCUT2D eigenvalue weighted by Gasteiger charge is 2.39. The van der Waals surface area contributed by atoms with Crippen molar-refractivity contribution in [3.63, 3.8) is 0 Å². The highest BCUT2D eigenvalue weighted by molar-refractivity contribution is 5.70. The molecule has 0 atom stereocenters. The summed E-state index contributed by atoms with van der Waals surface area (Å²) in [4.78, 5) is 11.5. The van der Waals surface area contributed by atoms with E-state index in [4.69, 9.17) is 4.74 Å². The normalized spacial score (nSPS) is 22.8. The van der Waals surface area contributed by atoms with E-state index in [1.165, 1.54) is 20.0 Å². The van der Waals surface area contributed by atoms with Gasteiger partial charge in [0.15, 0.2) is 0 Å². The lowest BCUT2D eigenvalue weighted by Gasteiger charge is -2.43. The molecule has 1 fully saturated rings. The average molecular weight is 227 g/mol. The van der Waals surface area contributed by atoms with E-state index >= 15 is 0 Å². The van der Waals surface area contributed by atoms with E-state index in [1.807, 2.05) is 0 Å². The number of hydrogen-bond donors (Lipinski definition) is 1. The number of ether oxygens (including phenoxy) is 1. The van der Waals surface area contributed by atoms with Gasteiger partial charge in [-0.15, -0.1) is 0 Å². The Morgan fingerprint density at radius 2 is 1.81 bits per heavy atom. The van der Waals surface area contributed by atoms with Crippen LogP contribution in [-0.4, -0.2) is 25.2 Å². The maximum absolute atomic E-state index is 11.5. The Kier molecular flexibility index (Phi) is 4.36. The fourth-order valence-corrected chi connectivity index (χ4v) is 2.54. The summed E-state index contributed by atoms with van der Waals surface area (Å²) in [5.41, 5.74) is 0.409. The number of rotatable bonds is 4. The van der Waals surface area contributed by atoms with E-state index in [-0.39, 0.29) is 11.5 Å². The lowest BCUT2D eigenvalue weighted by molar-refractivity contribution is -0.143. The standard InChI is InChI=1S/C13H25NO2/c1-5-14-13(10-11(15)16-4)8-6-12(2,3)7-9-13/h14H,5-10H2,1-4H3. The number of carbonyl (C=O) groups excluding carboxylic acids is 1. The summed E-state index contributed by atoms with van der Waals surface area (Å²) < 4.78 is 4.80. The summed E-state index contributed by atoms with van der Waals surface area (Å²) in [5, 5.41) is 3.50. The van der Waals surface area contributed by atoms with Crippen LogP contribution in [0.3, 0.4) is 0 Å². The molecule has 0 aromatic heterocycles. The summed E-state index contributed by atoms with van der Waals surface area (Å²) in [6.45, 7) is 7.62. The Balaban J connectivity index is 2.64. The molecule has 0 aromatic rings. The lowest BCUT2D eigenvalue weighted by Crippen LogP contribution is -2.50. The van der Waals surface area contributed by atoms with Crippen molar-refractivity contribution in [3.05, 3.63) is 0 Å². The van der Waals surface area contributed by atoms with Crippen molar-refractivity contribution in [1.29, 1.82) is 0 Å². The van der Waals surface area contributed by atoms with Gasteiger partial charge in [-0.3, -0.25) is 4.79 Å². The van der Waals surface area contributed by atoms with Gasteiger partial charge in [0.05, 0.1) is 13.5 Å². The van der Waals surface area contributed by atoms with Crippen molar-refractivity contribution >= 4 is 5.97 Å². The summed E-state index contributed by atoms with van der Waals surface area (Å²) in [6, 6.07) is 0. The first-order chi connectivity index (χ1) is 7.43. The van der Waals surface area contributed by atoms with E-state index in [0.29, 0.717) is 11.8 Å². The van der Waals surface area contributed by atoms with Crippen LogP contribution in [0.2, 0.25) is 0 Å². The zero-order chi connectivity index (χ0) is 12.2. The average Bonchev–Trinajstić information content (AvgIpc) is 2.23. The van der Waals surface area contributed by atoms with Crippen molar-refractivity contribution in [1.82, 2.24) is 5.32 Å². The molecule has 0 bridgehead atoms. The largest absolute Gasteiger partial charge is 0.469 e. The van der Waals surface area contributed by atoms with Crippen molar-refractivity contribution in [2.75, 3.05) is 13.7 Å². The molecule has 0 aromatic carbocycles. The summed E-state index contributed by atoms with van der Waals surface area (Å²) >= 11 is 0. The van der Waals surface area contributed by atoms with E-state index in [1.54, 1.807) is 0 Å². The third kappa shape index (κ3) is 3.48. The van der Waals surface area contributed by atoms with Crippen LogP contribution in [0.25, 0.3) is 0 Å². The van der Waals surface area contributed by atoms with Crippen LogP contribution in [0, 0.1) is 5.41 Å². The minimum absolute atomic E-state index is 0.0165. The molecule has 0 amide bonds. The van der Waals surface area contributed by atoms with Crippen molar-refractivity contribution < 1.29 is 9.53 Å². The van der Waals surface area contributed by atoms with Crippen LogP contribution in [0.4, 0.5) is 0 Å². The Labute approximate surface area is 98.9 Å². The van der Waals surface area contributed by atoms with Crippen molar-refractivity contribution in [3.8, 4) is 0 Å². The highest BCUT2D eigenvalue weighted by atomic mass is 16.5. The minimum Gasteiger partial charge on any atom is -0.469 e. The van der Waals surface area contributed by atoms with E-state index in [9.17, 15) is 4.79 Å². The number of nitrogens with one attached hydrogen (secondary N) is 1. The van der Waals surface area contributed by atoms with Gasteiger partial charge >= 0.3 is 5.97 Å². The molecule has 94 valence electrons. The zero-order valence-electron chi connectivity index (χ0n) is 11.1. The molecule has 0 aliphatic heterocycles. The third-order valence-corrected chi connectivity index (χ3v) is 3.82. The molecular formula is C13H25NO2. The summed E-state index contributed by atoms with van der Waals surface area (Å²) in [6.07, 6.45) is 5.01. The molecule has 0 spiro atoms. The Hall–Kier alpha value is -0.570.